The van der Waals surface area contributed by atoms with E-state index < -0.39 is 12.1 Å². The van der Waals surface area contributed by atoms with Gasteiger partial charge >= 0.3 is 6.18 Å². The van der Waals surface area contributed by atoms with Crippen LogP contribution in [0, 0.1) is 17.2 Å². The molecular weight excluding hydrogens is 175 g/mol. The van der Waals surface area contributed by atoms with Gasteiger partial charge in [0, 0.05) is 5.75 Å². The molecule has 0 heterocycles. The van der Waals surface area contributed by atoms with Crippen LogP contribution < -0.4 is 0 Å². The number of hydrogen-bond donors (Lipinski definition) is 0. The maximum Gasteiger partial charge on any atom is 0.405 e. The molecule has 64 valence electrons. The minimum atomic E-state index is -4.36. The summed E-state index contributed by atoms with van der Waals surface area (Å²) in [7, 11) is 0. The highest BCUT2D eigenvalue weighted by Gasteiger charge is 2.39. The zero-order valence-corrected chi connectivity index (χ0v) is 6.80. The fourth-order valence-corrected chi connectivity index (χ4v) is 1.18. The number of thioether (sulfide) groups is 1. The van der Waals surface area contributed by atoms with Crippen LogP contribution in [-0.2, 0) is 0 Å². The van der Waals surface area contributed by atoms with Crippen LogP contribution in [0.4, 0.5) is 13.2 Å². The van der Waals surface area contributed by atoms with Gasteiger partial charge in [0.2, 0.25) is 0 Å². The van der Waals surface area contributed by atoms with Gasteiger partial charge in [-0.25, -0.2) is 0 Å². The van der Waals surface area contributed by atoms with Crippen LogP contribution in [0.15, 0.2) is 0 Å². The van der Waals surface area contributed by atoms with Crippen molar-refractivity contribution >= 4 is 11.8 Å². The summed E-state index contributed by atoms with van der Waals surface area (Å²) >= 11 is 1.13. The van der Waals surface area contributed by atoms with E-state index in [2.05, 4.69) is 0 Å². The Morgan fingerprint density at radius 2 is 2.09 bits per heavy atom. The lowest BCUT2D eigenvalue weighted by molar-refractivity contribution is -0.152. The van der Waals surface area contributed by atoms with Crippen LogP contribution in [0.3, 0.4) is 0 Å². The molecule has 1 nitrogen and oxygen atoms in total. The Hall–Kier alpha value is -0.370. The van der Waals surface area contributed by atoms with Gasteiger partial charge in [-0.05, 0) is 5.75 Å². The molecule has 0 aromatic heterocycles. The van der Waals surface area contributed by atoms with Gasteiger partial charge in [-0.15, -0.1) is 0 Å². The molecule has 0 fully saturated rings. The van der Waals surface area contributed by atoms with Crippen molar-refractivity contribution in [1.82, 2.24) is 0 Å². The minimum Gasteiger partial charge on any atom is -0.198 e. The second-order valence-electron chi connectivity index (χ2n) is 1.88. The third kappa shape index (κ3) is 4.14. The summed E-state index contributed by atoms with van der Waals surface area (Å²) in [6.45, 7) is 1.76. The third-order valence-electron chi connectivity index (χ3n) is 1.04. The molecule has 0 aromatic rings. The van der Waals surface area contributed by atoms with E-state index >= 15 is 0 Å². The zero-order chi connectivity index (χ0) is 8.91. The van der Waals surface area contributed by atoms with Gasteiger partial charge in [0.25, 0.3) is 0 Å². The van der Waals surface area contributed by atoms with Crippen LogP contribution in [0.2, 0.25) is 0 Å². The molecule has 0 radical (unpaired) electrons. The molecule has 0 aliphatic heterocycles. The van der Waals surface area contributed by atoms with Crippen LogP contribution in [0.5, 0.6) is 0 Å². The predicted octanol–water partition coefficient (Wildman–Crippen LogP) is 2.44. The van der Waals surface area contributed by atoms with Crippen LogP contribution >= 0.6 is 11.8 Å². The first-order valence-corrected chi connectivity index (χ1v) is 4.22. The van der Waals surface area contributed by atoms with Crippen molar-refractivity contribution in [2.45, 2.75) is 13.1 Å². The highest BCUT2D eigenvalue weighted by Crippen LogP contribution is 2.28. The van der Waals surface area contributed by atoms with E-state index in [1.165, 1.54) is 6.07 Å². The van der Waals surface area contributed by atoms with Crippen molar-refractivity contribution < 1.29 is 13.2 Å². The Kier molecular flexibility index (Phi) is 4.34. The van der Waals surface area contributed by atoms with Gasteiger partial charge < -0.3 is 0 Å². The van der Waals surface area contributed by atoms with Crippen molar-refractivity contribution in [3.8, 4) is 6.07 Å². The fourth-order valence-electron chi connectivity index (χ4n) is 0.441. The average molecular weight is 183 g/mol. The van der Waals surface area contributed by atoms with E-state index in [0.29, 0.717) is 5.75 Å². The van der Waals surface area contributed by atoms with E-state index in [9.17, 15) is 13.2 Å². The van der Waals surface area contributed by atoms with Crippen molar-refractivity contribution in [2.75, 3.05) is 11.5 Å². The molecule has 0 aromatic carbocycles. The average Bonchev–Trinajstić information content (AvgIpc) is 1.87. The van der Waals surface area contributed by atoms with Crippen molar-refractivity contribution in [3.05, 3.63) is 0 Å². The van der Waals surface area contributed by atoms with E-state index in [0.717, 1.165) is 11.8 Å². The Morgan fingerprint density at radius 3 is 2.36 bits per heavy atom. The molecule has 0 rings (SSSR count). The second-order valence-corrected chi connectivity index (χ2v) is 3.20. The Labute approximate surface area is 67.6 Å². The molecule has 5 heteroatoms. The number of nitrogens with zero attached hydrogens (tertiary/aromatic N) is 1. The number of alkyl halides is 3. The van der Waals surface area contributed by atoms with Crippen LogP contribution in [-0.4, -0.2) is 17.7 Å². The summed E-state index contributed by atoms with van der Waals surface area (Å²) in [6, 6.07) is 1.23. The van der Waals surface area contributed by atoms with Gasteiger partial charge in [0.15, 0.2) is 5.92 Å². The normalized spacial score (nSPS) is 14.1. The standard InChI is InChI=1S/C6H8F3NS/c1-2-11-4-5(3-10)6(7,8)9/h5H,2,4H2,1H3. The molecule has 0 saturated heterocycles. The zero-order valence-electron chi connectivity index (χ0n) is 5.98. The molecule has 0 spiro atoms. The van der Waals surface area contributed by atoms with Crippen molar-refractivity contribution in [3.63, 3.8) is 0 Å². The second kappa shape index (κ2) is 4.50. The lowest BCUT2D eigenvalue weighted by atomic mass is 10.2. The highest BCUT2D eigenvalue weighted by molar-refractivity contribution is 7.99. The summed E-state index contributed by atoms with van der Waals surface area (Å²) in [6.07, 6.45) is -4.36. The topological polar surface area (TPSA) is 23.8 Å². The summed E-state index contributed by atoms with van der Waals surface area (Å²) in [5, 5.41) is 8.10. The smallest absolute Gasteiger partial charge is 0.198 e. The first-order valence-electron chi connectivity index (χ1n) is 3.06. The van der Waals surface area contributed by atoms with Crippen LogP contribution in [0.1, 0.15) is 6.92 Å². The quantitative estimate of drug-likeness (QED) is 0.671. The summed E-state index contributed by atoms with van der Waals surface area (Å²) in [5.74, 6) is -1.36. The molecule has 11 heavy (non-hydrogen) atoms. The fraction of sp³-hybridized carbons (Fsp3) is 0.833. The maximum atomic E-state index is 11.8. The van der Waals surface area contributed by atoms with Gasteiger partial charge in [-0.3, -0.25) is 0 Å². The van der Waals surface area contributed by atoms with Gasteiger partial charge in [0.1, 0.15) is 0 Å². The van der Waals surface area contributed by atoms with Crippen molar-refractivity contribution in [1.29, 1.82) is 5.26 Å². The van der Waals surface area contributed by atoms with E-state index in [-0.39, 0.29) is 5.75 Å². The minimum absolute atomic E-state index is 0.156. The molecule has 1 atom stereocenters. The summed E-state index contributed by atoms with van der Waals surface area (Å²) in [5.41, 5.74) is 0. The van der Waals surface area contributed by atoms with Crippen molar-refractivity contribution in [2.24, 2.45) is 5.92 Å². The molecule has 0 amide bonds. The number of nitriles is 1. The van der Waals surface area contributed by atoms with E-state index in [1.807, 2.05) is 0 Å². The molecule has 1 unspecified atom stereocenters. The summed E-state index contributed by atoms with van der Waals surface area (Å²) < 4.78 is 35.4. The number of halogens is 3. The Bertz CT molecular complexity index is 149. The van der Waals surface area contributed by atoms with Gasteiger partial charge in [0.05, 0.1) is 6.07 Å². The molecule has 0 N–H and O–H groups in total. The largest absolute Gasteiger partial charge is 0.405 e. The lowest BCUT2D eigenvalue weighted by Gasteiger charge is -2.11. The molecule has 0 aliphatic carbocycles. The number of rotatable bonds is 3. The van der Waals surface area contributed by atoms with Crippen LogP contribution in [0.25, 0.3) is 0 Å². The van der Waals surface area contributed by atoms with Gasteiger partial charge in [-0.1, -0.05) is 6.92 Å². The SMILES string of the molecule is CCSCC(C#N)C(F)(F)F. The first-order chi connectivity index (χ1) is 5.02. The maximum absolute atomic E-state index is 11.8. The molecule has 0 aliphatic rings. The van der Waals surface area contributed by atoms with E-state index in [4.69, 9.17) is 5.26 Å². The number of hydrogen-bond acceptors (Lipinski definition) is 2. The lowest BCUT2D eigenvalue weighted by Crippen LogP contribution is -2.23. The summed E-state index contributed by atoms with van der Waals surface area (Å²) in [4.78, 5) is 0. The molecular formula is C6H8F3NS. The molecule has 0 saturated carbocycles. The first kappa shape index (κ1) is 10.6. The third-order valence-corrected chi connectivity index (χ3v) is 2.02. The van der Waals surface area contributed by atoms with Gasteiger partial charge in [-0.2, -0.15) is 30.2 Å². The monoisotopic (exact) mass is 183 g/mol. The van der Waals surface area contributed by atoms with E-state index in [1.54, 1.807) is 6.92 Å². The Balaban J connectivity index is 3.89. The molecule has 0 bridgehead atoms. The predicted molar refractivity (Wildman–Crippen MR) is 38.2 cm³/mol. The highest BCUT2D eigenvalue weighted by atomic mass is 32.2. The Morgan fingerprint density at radius 1 is 1.55 bits per heavy atom.